The Bertz CT molecular complexity index is 1790. The number of hydrogen-bond acceptors (Lipinski definition) is 5. The van der Waals surface area contributed by atoms with Crippen molar-refractivity contribution in [3.05, 3.63) is 103 Å². The third-order valence-corrected chi connectivity index (χ3v) is 8.37. The van der Waals surface area contributed by atoms with Gasteiger partial charge in [0.25, 0.3) is 0 Å². The van der Waals surface area contributed by atoms with Crippen LogP contribution in [0.1, 0.15) is 0 Å². The van der Waals surface area contributed by atoms with Gasteiger partial charge in [-0.1, -0.05) is 42.5 Å². The van der Waals surface area contributed by atoms with Crippen LogP contribution in [-0.2, 0) is 20.1 Å². The summed E-state index contributed by atoms with van der Waals surface area (Å²) < 4.78 is 5.35. The first-order valence-corrected chi connectivity index (χ1v) is 13.1. The van der Waals surface area contributed by atoms with Gasteiger partial charge in [-0.25, -0.2) is 0 Å². The minimum Gasteiger partial charge on any atom is -0.400 e. The van der Waals surface area contributed by atoms with Crippen molar-refractivity contribution in [2.24, 2.45) is 0 Å². The molecular weight excluding hydrogens is 675 g/mol. The van der Waals surface area contributed by atoms with Gasteiger partial charge in [-0.05, 0) is 35.5 Å². The number of benzene rings is 4. The van der Waals surface area contributed by atoms with Gasteiger partial charge in [0.2, 0.25) is 0 Å². The van der Waals surface area contributed by atoms with E-state index in [0.717, 1.165) is 25.5 Å². The van der Waals surface area contributed by atoms with Gasteiger partial charge in [-0.15, -0.1) is 58.6 Å². The number of nitrogens with zero attached hydrogens (tertiary/aromatic N) is 1. The molecule has 4 aromatic carbocycles. The molecule has 37 heavy (non-hydrogen) atoms. The van der Waals surface area contributed by atoms with E-state index in [-0.39, 0.29) is 20.1 Å². The minimum absolute atomic E-state index is 0. The molecule has 7 rings (SSSR count). The van der Waals surface area contributed by atoms with Crippen LogP contribution in [0.4, 0.5) is 0 Å². The van der Waals surface area contributed by atoms with Crippen molar-refractivity contribution in [3.63, 3.8) is 0 Å². The molecule has 0 saturated carbocycles. The van der Waals surface area contributed by atoms with E-state index in [1.165, 1.54) is 51.5 Å². The monoisotopic (exact) mass is 699 g/mol. The summed E-state index contributed by atoms with van der Waals surface area (Å²) in [5.74, 6) is 0. The molecule has 0 aliphatic carbocycles. The molecule has 2 N–H and O–H groups in total. The summed E-state index contributed by atoms with van der Waals surface area (Å²) in [6.07, 6.45) is 1.92. The number of aromatic nitrogens is 1. The Hall–Kier alpha value is -2.96. The van der Waals surface area contributed by atoms with Crippen molar-refractivity contribution in [1.82, 2.24) is 4.98 Å². The second-order valence-electron chi connectivity index (χ2n) is 7.90. The van der Waals surface area contributed by atoms with Crippen LogP contribution in [0.2, 0.25) is 0 Å². The summed E-state index contributed by atoms with van der Waals surface area (Å²) in [5, 5.41) is 19.4. The van der Waals surface area contributed by atoms with E-state index in [1.54, 1.807) is 0 Å². The Kier molecular flexibility index (Phi) is 8.83. The number of aliphatic hydroxyl groups excluding tert-OH is 2. The molecule has 0 unspecified atom stereocenters. The average Bonchev–Trinajstić information content (AvgIpc) is 3.53. The van der Waals surface area contributed by atoms with E-state index >= 15 is 0 Å². The van der Waals surface area contributed by atoms with Crippen LogP contribution < -0.4 is 0 Å². The van der Waals surface area contributed by atoms with Gasteiger partial charge in [-0.3, -0.25) is 0 Å². The summed E-state index contributed by atoms with van der Waals surface area (Å²) in [6, 6.07) is 35.6. The van der Waals surface area contributed by atoms with E-state index < -0.39 is 0 Å². The Morgan fingerprint density at radius 2 is 1.32 bits per heavy atom. The first kappa shape index (κ1) is 27.1. The maximum absolute atomic E-state index is 7.00. The number of aliphatic hydroxyl groups is 2. The Morgan fingerprint density at radius 1 is 0.676 bits per heavy atom. The van der Waals surface area contributed by atoms with Gasteiger partial charge in [-0.2, -0.15) is 0 Å². The van der Waals surface area contributed by atoms with Crippen LogP contribution in [0.5, 0.6) is 0 Å². The van der Waals surface area contributed by atoms with E-state index in [0.29, 0.717) is 0 Å². The van der Waals surface area contributed by atoms with Gasteiger partial charge in [0.05, 0.1) is 0 Å². The second kappa shape index (κ2) is 12.1. The molecule has 187 valence electrons. The molecule has 3 nitrogen and oxygen atoms in total. The molecule has 0 bridgehead atoms. The smallest absolute Gasteiger partial charge is 0.0440 e. The average molecular weight is 699 g/mol. The number of pyridine rings is 1. The first-order chi connectivity index (χ1) is 17.9. The molecule has 0 spiro atoms. The van der Waals surface area contributed by atoms with Crippen LogP contribution in [0.3, 0.4) is 0 Å². The third kappa shape index (κ3) is 4.85. The van der Waals surface area contributed by atoms with E-state index in [1.807, 2.05) is 47.1 Å². The van der Waals surface area contributed by atoms with Crippen LogP contribution >= 0.6 is 22.7 Å². The number of hydrogen-bond donors (Lipinski definition) is 2. The molecule has 0 saturated heterocycles. The molecule has 0 amide bonds. The van der Waals surface area contributed by atoms with Crippen LogP contribution in [0.15, 0.2) is 97.2 Å². The SMILES string of the molecule is CO.CO.[Ir].[c-]1ccccc1-c1cc(-c2cc3sc4ccccc4c3c3c2sc2ccccc23)ccn1. The van der Waals surface area contributed by atoms with Gasteiger partial charge in [0.15, 0.2) is 0 Å². The zero-order valence-electron chi connectivity index (χ0n) is 20.2. The Labute approximate surface area is 237 Å². The molecule has 0 fully saturated rings. The van der Waals surface area contributed by atoms with Crippen LogP contribution in [-0.4, -0.2) is 29.4 Å². The normalized spacial score (nSPS) is 10.5. The molecule has 0 atom stereocenters. The van der Waals surface area contributed by atoms with Crippen molar-refractivity contribution in [2.75, 3.05) is 14.2 Å². The van der Waals surface area contributed by atoms with Gasteiger partial charge in [0.1, 0.15) is 0 Å². The maximum Gasteiger partial charge on any atom is 0.0440 e. The van der Waals surface area contributed by atoms with Gasteiger partial charge in [0, 0.05) is 86.4 Å². The fourth-order valence-electron chi connectivity index (χ4n) is 4.62. The minimum atomic E-state index is 0. The fraction of sp³-hybridized carbons (Fsp3) is 0.0645. The zero-order valence-corrected chi connectivity index (χ0v) is 24.3. The summed E-state index contributed by atoms with van der Waals surface area (Å²) in [4.78, 5) is 4.63. The number of thiophene rings is 2. The standard InChI is InChI=1S/C29H16NS2.2CH4O.Ir/c1-2-8-18(9-3-1)23-16-19(14-15-30-23)22-17-26-27(20-10-4-6-12-24(20)31-26)28-21-11-5-7-13-25(21)32-29(22)28;2*1-2;/h1-8,10-17H;2*2H,1H3;/q-1;;;. The summed E-state index contributed by atoms with van der Waals surface area (Å²) in [6.45, 7) is 0. The van der Waals surface area contributed by atoms with Crippen molar-refractivity contribution in [3.8, 4) is 22.4 Å². The summed E-state index contributed by atoms with van der Waals surface area (Å²) in [7, 11) is 2.00. The molecule has 1 radical (unpaired) electrons. The third-order valence-electron chi connectivity index (χ3n) is 6.04. The Morgan fingerprint density at radius 3 is 2.03 bits per heavy atom. The zero-order chi connectivity index (χ0) is 25.1. The summed E-state index contributed by atoms with van der Waals surface area (Å²) >= 11 is 3.77. The first-order valence-electron chi connectivity index (χ1n) is 11.5. The van der Waals surface area contributed by atoms with Crippen LogP contribution in [0, 0.1) is 6.07 Å². The van der Waals surface area contributed by atoms with Crippen LogP contribution in [0.25, 0.3) is 62.7 Å². The van der Waals surface area contributed by atoms with Crippen molar-refractivity contribution in [2.45, 2.75) is 0 Å². The van der Waals surface area contributed by atoms with Crippen molar-refractivity contribution in [1.29, 1.82) is 0 Å². The van der Waals surface area contributed by atoms with E-state index in [2.05, 4.69) is 83.8 Å². The fourth-order valence-corrected chi connectivity index (χ4v) is 7.02. The molecular formula is C31H24IrNO2S2-. The predicted molar refractivity (Wildman–Crippen MR) is 156 cm³/mol. The molecule has 0 aliphatic heterocycles. The molecule has 3 aromatic heterocycles. The predicted octanol–water partition coefficient (Wildman–Crippen LogP) is 8.17. The quantitative estimate of drug-likeness (QED) is 0.179. The molecule has 6 heteroatoms. The molecule has 7 aromatic rings. The Balaban J connectivity index is 0.000000613. The van der Waals surface area contributed by atoms with E-state index in [9.17, 15) is 0 Å². The molecule has 0 aliphatic rings. The summed E-state index contributed by atoms with van der Waals surface area (Å²) in [5.41, 5.74) is 4.45. The number of rotatable bonds is 2. The van der Waals surface area contributed by atoms with E-state index in [4.69, 9.17) is 10.2 Å². The number of fused-ring (bicyclic) bond motifs is 7. The topological polar surface area (TPSA) is 53.4 Å². The van der Waals surface area contributed by atoms with Crippen molar-refractivity contribution < 1.29 is 30.3 Å². The van der Waals surface area contributed by atoms with Gasteiger partial charge >= 0.3 is 0 Å². The largest absolute Gasteiger partial charge is 0.400 e. The molecule has 3 heterocycles. The maximum atomic E-state index is 7.00. The van der Waals surface area contributed by atoms with Gasteiger partial charge < -0.3 is 15.2 Å². The van der Waals surface area contributed by atoms with Crippen molar-refractivity contribution >= 4 is 63.0 Å². The second-order valence-corrected chi connectivity index (χ2v) is 10.0.